The third-order valence-corrected chi connectivity index (χ3v) is 9.78. The molecule has 2 fully saturated rings. The van der Waals surface area contributed by atoms with Crippen LogP contribution in [0.2, 0.25) is 0 Å². The molecule has 3 unspecified atom stereocenters. The van der Waals surface area contributed by atoms with Crippen molar-refractivity contribution in [3.63, 3.8) is 0 Å². The lowest BCUT2D eigenvalue weighted by Crippen LogP contribution is -2.48. The molecule has 196 valence electrons. The average molecular weight is 485 g/mol. The van der Waals surface area contributed by atoms with Crippen molar-refractivity contribution < 1.29 is 19.4 Å². The molecule has 35 heavy (non-hydrogen) atoms. The van der Waals surface area contributed by atoms with Crippen LogP contribution < -0.4 is 0 Å². The number of hydrogen-bond acceptors (Lipinski definition) is 4. The SMILES string of the molecule is CCCCCCCCCCOC(=O)O[C@H]1CCC2C3C(CC[C@@]21C)c1ccc(O)cc1C[C@@H]3CC. The van der Waals surface area contributed by atoms with Crippen LogP contribution in [0.25, 0.3) is 0 Å². The monoisotopic (exact) mass is 484 g/mol. The van der Waals surface area contributed by atoms with E-state index in [1.807, 2.05) is 12.1 Å². The number of rotatable bonds is 11. The molecular weight excluding hydrogens is 436 g/mol. The lowest BCUT2D eigenvalue weighted by molar-refractivity contribution is -0.0635. The van der Waals surface area contributed by atoms with Crippen LogP contribution in [0, 0.1) is 23.2 Å². The Bertz CT molecular complexity index is 835. The molecule has 1 N–H and O–H groups in total. The summed E-state index contributed by atoms with van der Waals surface area (Å²) in [4.78, 5) is 12.6. The van der Waals surface area contributed by atoms with Crippen LogP contribution in [-0.4, -0.2) is 24.0 Å². The van der Waals surface area contributed by atoms with Gasteiger partial charge in [-0.05, 0) is 85.5 Å². The Morgan fingerprint density at radius 1 is 1.03 bits per heavy atom. The predicted octanol–water partition coefficient (Wildman–Crippen LogP) is 8.55. The molecule has 0 radical (unpaired) electrons. The second-order valence-corrected chi connectivity index (χ2v) is 11.8. The summed E-state index contributed by atoms with van der Waals surface area (Å²) >= 11 is 0. The fraction of sp³-hybridized carbons (Fsp3) is 0.774. The van der Waals surface area contributed by atoms with Gasteiger partial charge in [0, 0.05) is 5.41 Å². The largest absolute Gasteiger partial charge is 0.508 e. The second-order valence-electron chi connectivity index (χ2n) is 11.8. The molecule has 4 heteroatoms. The van der Waals surface area contributed by atoms with Crippen LogP contribution in [0.3, 0.4) is 0 Å². The topological polar surface area (TPSA) is 55.8 Å². The van der Waals surface area contributed by atoms with Crippen molar-refractivity contribution in [1.82, 2.24) is 0 Å². The molecule has 0 aromatic heterocycles. The zero-order valence-electron chi connectivity index (χ0n) is 22.4. The van der Waals surface area contributed by atoms with Crippen LogP contribution >= 0.6 is 0 Å². The summed E-state index contributed by atoms with van der Waals surface area (Å²) in [5, 5.41) is 10.0. The van der Waals surface area contributed by atoms with E-state index in [1.165, 1.54) is 49.7 Å². The summed E-state index contributed by atoms with van der Waals surface area (Å²) in [7, 11) is 0. The molecule has 4 nitrogen and oxygen atoms in total. The molecule has 3 aliphatic carbocycles. The number of hydrogen-bond donors (Lipinski definition) is 1. The highest BCUT2D eigenvalue weighted by molar-refractivity contribution is 5.60. The van der Waals surface area contributed by atoms with Crippen molar-refractivity contribution in [2.45, 2.75) is 123 Å². The number of phenolic OH excluding ortho intramolecular Hbond substituents is 1. The van der Waals surface area contributed by atoms with E-state index in [0.717, 1.165) is 51.4 Å². The fourth-order valence-corrected chi connectivity index (χ4v) is 7.87. The number of aromatic hydroxyl groups is 1. The lowest BCUT2D eigenvalue weighted by Gasteiger charge is -2.53. The van der Waals surface area contributed by atoms with Gasteiger partial charge in [-0.2, -0.15) is 0 Å². The number of ether oxygens (including phenoxy) is 2. The Labute approximate surface area is 213 Å². The average Bonchev–Trinajstić information content (AvgIpc) is 3.17. The van der Waals surface area contributed by atoms with Crippen LogP contribution in [0.1, 0.15) is 121 Å². The van der Waals surface area contributed by atoms with Gasteiger partial charge >= 0.3 is 6.16 Å². The quantitative estimate of drug-likeness (QED) is 0.252. The van der Waals surface area contributed by atoms with E-state index in [0.29, 0.717) is 36.0 Å². The van der Waals surface area contributed by atoms with Gasteiger partial charge in [0.25, 0.3) is 0 Å². The van der Waals surface area contributed by atoms with Crippen molar-refractivity contribution in [3.8, 4) is 5.75 Å². The van der Waals surface area contributed by atoms with Crippen LogP contribution in [0.15, 0.2) is 18.2 Å². The molecule has 1 aromatic rings. The molecule has 0 saturated heterocycles. The number of carbonyl (C=O) groups is 1. The van der Waals surface area contributed by atoms with E-state index in [9.17, 15) is 9.90 Å². The minimum Gasteiger partial charge on any atom is -0.508 e. The molecule has 4 rings (SSSR count). The van der Waals surface area contributed by atoms with E-state index in [1.54, 1.807) is 0 Å². The minimum absolute atomic E-state index is 0.0294. The molecule has 0 aliphatic heterocycles. The number of carbonyl (C=O) groups excluding carboxylic acids is 1. The first kappa shape index (κ1) is 26.4. The van der Waals surface area contributed by atoms with Gasteiger partial charge in [-0.25, -0.2) is 4.79 Å². The van der Waals surface area contributed by atoms with E-state index in [2.05, 4.69) is 26.8 Å². The number of benzene rings is 1. The Hall–Kier alpha value is -1.71. The van der Waals surface area contributed by atoms with Gasteiger partial charge in [0.15, 0.2) is 0 Å². The van der Waals surface area contributed by atoms with Gasteiger partial charge in [0.2, 0.25) is 0 Å². The van der Waals surface area contributed by atoms with Crippen molar-refractivity contribution >= 4 is 6.16 Å². The van der Waals surface area contributed by atoms with Gasteiger partial charge in [-0.15, -0.1) is 0 Å². The summed E-state index contributed by atoms with van der Waals surface area (Å²) < 4.78 is 11.5. The van der Waals surface area contributed by atoms with E-state index in [4.69, 9.17) is 9.47 Å². The first-order valence-electron chi connectivity index (χ1n) is 14.6. The molecule has 0 spiro atoms. The number of fused-ring (bicyclic) bond motifs is 5. The van der Waals surface area contributed by atoms with E-state index >= 15 is 0 Å². The fourth-order valence-electron chi connectivity index (χ4n) is 7.87. The summed E-state index contributed by atoms with van der Waals surface area (Å²) in [6.07, 6.45) is 15.9. The molecule has 6 atom stereocenters. The van der Waals surface area contributed by atoms with Crippen LogP contribution in [0.5, 0.6) is 5.75 Å². The summed E-state index contributed by atoms with van der Waals surface area (Å²) in [5.74, 6) is 2.80. The molecule has 0 heterocycles. The zero-order chi connectivity index (χ0) is 24.8. The Morgan fingerprint density at radius 2 is 1.77 bits per heavy atom. The predicted molar refractivity (Wildman–Crippen MR) is 141 cm³/mol. The third kappa shape index (κ3) is 5.83. The van der Waals surface area contributed by atoms with Crippen LogP contribution in [-0.2, 0) is 15.9 Å². The number of phenols is 1. The van der Waals surface area contributed by atoms with Gasteiger partial charge < -0.3 is 14.6 Å². The Morgan fingerprint density at radius 3 is 2.51 bits per heavy atom. The van der Waals surface area contributed by atoms with Crippen molar-refractivity contribution in [2.24, 2.45) is 23.2 Å². The normalized spacial score (nSPS) is 31.3. The van der Waals surface area contributed by atoms with Gasteiger partial charge in [-0.1, -0.05) is 78.2 Å². The van der Waals surface area contributed by atoms with Gasteiger partial charge in [0.05, 0.1) is 6.61 Å². The number of unbranched alkanes of at least 4 members (excludes halogenated alkanes) is 7. The maximum absolute atomic E-state index is 12.6. The van der Waals surface area contributed by atoms with E-state index in [-0.39, 0.29) is 11.5 Å². The molecule has 0 amide bonds. The highest BCUT2D eigenvalue weighted by atomic mass is 16.7. The molecule has 0 bridgehead atoms. The molecular formula is C31H48O4. The summed E-state index contributed by atoms with van der Waals surface area (Å²) in [6, 6.07) is 6.02. The van der Waals surface area contributed by atoms with E-state index < -0.39 is 6.16 Å². The standard InChI is InChI=1S/C31H48O4/c1-4-6-7-8-9-10-11-12-19-34-30(33)35-28-16-15-27-29-22(5-2)20-23-21-24(32)13-14-25(23)26(29)17-18-31(27,28)3/h13-14,21-22,26-29,32H,4-12,15-20H2,1-3H3/t22-,26?,27?,28-,29?,31-/m0/s1. The first-order chi connectivity index (χ1) is 17.0. The minimum atomic E-state index is -0.460. The third-order valence-electron chi connectivity index (χ3n) is 9.78. The molecule has 2 saturated carbocycles. The van der Waals surface area contributed by atoms with Crippen molar-refractivity contribution in [3.05, 3.63) is 29.3 Å². The maximum atomic E-state index is 12.6. The van der Waals surface area contributed by atoms with Crippen molar-refractivity contribution in [2.75, 3.05) is 6.61 Å². The molecule has 1 aromatic carbocycles. The second kappa shape index (κ2) is 12.0. The molecule has 3 aliphatic rings. The van der Waals surface area contributed by atoms with Gasteiger partial charge in [-0.3, -0.25) is 0 Å². The van der Waals surface area contributed by atoms with Crippen LogP contribution in [0.4, 0.5) is 4.79 Å². The van der Waals surface area contributed by atoms with Crippen molar-refractivity contribution in [1.29, 1.82) is 0 Å². The highest BCUT2D eigenvalue weighted by Crippen LogP contribution is 2.63. The Kier molecular flexibility index (Phi) is 9.05. The Balaban J connectivity index is 1.28. The summed E-state index contributed by atoms with van der Waals surface area (Å²) in [5.41, 5.74) is 2.84. The smallest absolute Gasteiger partial charge is 0.508 e. The summed E-state index contributed by atoms with van der Waals surface area (Å²) in [6.45, 7) is 7.41. The first-order valence-corrected chi connectivity index (χ1v) is 14.6. The highest BCUT2D eigenvalue weighted by Gasteiger charge is 2.58. The van der Waals surface area contributed by atoms with Gasteiger partial charge in [0.1, 0.15) is 11.9 Å². The maximum Gasteiger partial charge on any atom is 0.508 e. The zero-order valence-corrected chi connectivity index (χ0v) is 22.4. The lowest BCUT2D eigenvalue weighted by atomic mass is 9.52.